The Kier molecular flexibility index (Phi) is 6.60. The lowest BCUT2D eigenvalue weighted by molar-refractivity contribution is -0.147. The lowest BCUT2D eigenvalue weighted by atomic mass is 9.87. The van der Waals surface area contributed by atoms with E-state index in [0.717, 1.165) is 31.6 Å². The van der Waals surface area contributed by atoms with Gasteiger partial charge in [-0.2, -0.15) is 0 Å². The molecule has 7 heteroatoms. The van der Waals surface area contributed by atoms with Crippen LogP contribution in [0.25, 0.3) is 0 Å². The summed E-state index contributed by atoms with van der Waals surface area (Å²) in [5.41, 5.74) is 0. The Morgan fingerprint density at radius 2 is 1.96 bits per heavy atom. The highest BCUT2D eigenvalue weighted by Gasteiger charge is 2.34. The number of methoxy groups -OCH3 is 1. The van der Waals surface area contributed by atoms with E-state index in [1.165, 1.54) is 7.11 Å². The summed E-state index contributed by atoms with van der Waals surface area (Å²) in [6.07, 6.45) is 4.35. The standard InChI is InChI=1S/C17H29N3O4/c1-12-4-6-13(7-5-12)19(2)15(21)11-20-9-8-18-17(23)14(20)10-16(22)24-3/h12-14H,4-11H2,1-3H3,(H,18,23)/t12?,13?,14-/m1/s1. The second-order valence-corrected chi connectivity index (χ2v) is 6.98. The fourth-order valence-corrected chi connectivity index (χ4v) is 3.53. The molecule has 1 saturated heterocycles. The summed E-state index contributed by atoms with van der Waals surface area (Å²) < 4.78 is 4.67. The van der Waals surface area contributed by atoms with Crippen LogP contribution < -0.4 is 5.32 Å². The SMILES string of the molecule is COC(=O)C[C@@H]1C(=O)NCCN1CC(=O)N(C)C1CCC(C)CC1. The summed E-state index contributed by atoms with van der Waals surface area (Å²) in [5.74, 6) is 0.0943. The number of piperazine rings is 1. The van der Waals surface area contributed by atoms with E-state index in [0.29, 0.717) is 13.1 Å². The van der Waals surface area contributed by atoms with Gasteiger partial charge in [0.25, 0.3) is 0 Å². The Hall–Kier alpha value is -1.63. The van der Waals surface area contributed by atoms with Crippen LogP contribution >= 0.6 is 0 Å². The molecule has 0 bridgehead atoms. The van der Waals surface area contributed by atoms with E-state index >= 15 is 0 Å². The van der Waals surface area contributed by atoms with Crippen molar-refractivity contribution < 1.29 is 19.1 Å². The second-order valence-electron chi connectivity index (χ2n) is 6.98. The molecule has 0 radical (unpaired) electrons. The van der Waals surface area contributed by atoms with Crippen molar-refractivity contribution in [3.8, 4) is 0 Å². The van der Waals surface area contributed by atoms with Gasteiger partial charge in [0, 0.05) is 26.2 Å². The van der Waals surface area contributed by atoms with Crippen LogP contribution in [0.3, 0.4) is 0 Å². The molecule has 0 spiro atoms. The third-order valence-corrected chi connectivity index (χ3v) is 5.29. The van der Waals surface area contributed by atoms with Crippen molar-refractivity contribution in [3.63, 3.8) is 0 Å². The number of hydrogen-bond donors (Lipinski definition) is 1. The molecule has 1 N–H and O–H groups in total. The van der Waals surface area contributed by atoms with Crippen molar-refractivity contribution in [2.24, 2.45) is 5.92 Å². The van der Waals surface area contributed by atoms with Gasteiger partial charge in [-0.05, 0) is 31.6 Å². The number of carbonyl (C=O) groups excluding carboxylic acids is 3. The molecule has 136 valence electrons. The summed E-state index contributed by atoms with van der Waals surface area (Å²) in [6.45, 7) is 3.47. The number of likely N-dealkylation sites (N-methyl/N-ethyl adjacent to an activating group) is 1. The van der Waals surface area contributed by atoms with Gasteiger partial charge in [-0.1, -0.05) is 6.92 Å². The van der Waals surface area contributed by atoms with Gasteiger partial charge in [0.05, 0.1) is 20.1 Å². The van der Waals surface area contributed by atoms with E-state index in [2.05, 4.69) is 17.0 Å². The molecule has 0 unspecified atom stereocenters. The second kappa shape index (κ2) is 8.46. The smallest absolute Gasteiger partial charge is 0.307 e. The third kappa shape index (κ3) is 4.69. The third-order valence-electron chi connectivity index (χ3n) is 5.29. The van der Waals surface area contributed by atoms with Crippen LogP contribution in [0.1, 0.15) is 39.0 Å². The predicted octanol–water partition coefficient (Wildman–Crippen LogP) is 0.387. The highest BCUT2D eigenvalue weighted by Crippen LogP contribution is 2.26. The molecule has 0 aromatic carbocycles. The largest absolute Gasteiger partial charge is 0.469 e. The maximum absolute atomic E-state index is 12.6. The average molecular weight is 339 g/mol. The van der Waals surface area contributed by atoms with E-state index < -0.39 is 12.0 Å². The summed E-state index contributed by atoms with van der Waals surface area (Å²) in [5, 5.41) is 2.75. The van der Waals surface area contributed by atoms with Gasteiger partial charge in [-0.25, -0.2) is 0 Å². The van der Waals surface area contributed by atoms with Gasteiger partial charge < -0.3 is 15.0 Å². The number of hydrogen-bond acceptors (Lipinski definition) is 5. The molecule has 1 atom stereocenters. The van der Waals surface area contributed by atoms with Gasteiger partial charge in [0.15, 0.2) is 0 Å². The van der Waals surface area contributed by atoms with E-state index in [1.807, 2.05) is 11.9 Å². The zero-order valence-electron chi connectivity index (χ0n) is 14.9. The van der Waals surface area contributed by atoms with Crippen molar-refractivity contribution in [1.82, 2.24) is 15.1 Å². The lowest BCUT2D eigenvalue weighted by Crippen LogP contribution is -2.58. The molecule has 1 aliphatic carbocycles. The molecule has 0 aromatic rings. The van der Waals surface area contributed by atoms with Crippen LogP contribution in [0.4, 0.5) is 0 Å². The lowest BCUT2D eigenvalue weighted by Gasteiger charge is -2.37. The van der Waals surface area contributed by atoms with E-state index in [4.69, 9.17) is 0 Å². The number of ether oxygens (including phenoxy) is 1. The maximum Gasteiger partial charge on any atom is 0.307 e. The molecule has 7 nitrogen and oxygen atoms in total. The molecule has 2 amide bonds. The Labute approximate surface area is 143 Å². The Morgan fingerprint density at radius 3 is 2.58 bits per heavy atom. The molecule has 24 heavy (non-hydrogen) atoms. The number of nitrogens with one attached hydrogen (secondary N) is 1. The number of esters is 1. The van der Waals surface area contributed by atoms with Crippen molar-refractivity contribution in [2.45, 2.75) is 51.1 Å². The van der Waals surface area contributed by atoms with Gasteiger partial charge in [0.2, 0.25) is 11.8 Å². The first-order chi connectivity index (χ1) is 11.4. The summed E-state index contributed by atoms with van der Waals surface area (Å²) in [6, 6.07) is -0.346. The molecule has 1 aliphatic heterocycles. The number of rotatable bonds is 5. The monoisotopic (exact) mass is 339 g/mol. The predicted molar refractivity (Wildman–Crippen MR) is 89.2 cm³/mol. The van der Waals surface area contributed by atoms with Gasteiger partial charge >= 0.3 is 5.97 Å². The Morgan fingerprint density at radius 1 is 1.29 bits per heavy atom. The molecule has 2 fully saturated rings. The Balaban J connectivity index is 1.94. The highest BCUT2D eigenvalue weighted by atomic mass is 16.5. The van der Waals surface area contributed by atoms with Crippen LogP contribution in [0, 0.1) is 5.92 Å². The first-order valence-electron chi connectivity index (χ1n) is 8.76. The quantitative estimate of drug-likeness (QED) is 0.733. The Bertz CT molecular complexity index is 474. The van der Waals surface area contributed by atoms with Gasteiger partial charge in [-0.3, -0.25) is 19.3 Å². The number of amides is 2. The first kappa shape index (κ1) is 18.7. The van der Waals surface area contributed by atoms with Crippen molar-refractivity contribution in [1.29, 1.82) is 0 Å². The normalized spacial score (nSPS) is 28.1. The fourth-order valence-electron chi connectivity index (χ4n) is 3.53. The number of nitrogens with zero attached hydrogens (tertiary/aromatic N) is 2. The van der Waals surface area contributed by atoms with E-state index in [-0.39, 0.29) is 30.8 Å². The van der Waals surface area contributed by atoms with Crippen LogP contribution in [-0.2, 0) is 19.1 Å². The topological polar surface area (TPSA) is 79.0 Å². The maximum atomic E-state index is 12.6. The van der Waals surface area contributed by atoms with Crippen LogP contribution in [0.2, 0.25) is 0 Å². The molecule has 0 aromatic heterocycles. The summed E-state index contributed by atoms with van der Waals surface area (Å²) in [4.78, 5) is 39.9. The molecule has 2 aliphatic rings. The number of carbonyl (C=O) groups is 3. The first-order valence-corrected chi connectivity index (χ1v) is 8.76. The molecular weight excluding hydrogens is 310 g/mol. The minimum atomic E-state index is -0.630. The molecule has 1 saturated carbocycles. The van der Waals surface area contributed by atoms with Gasteiger partial charge in [-0.15, -0.1) is 0 Å². The molecular formula is C17H29N3O4. The van der Waals surface area contributed by atoms with Crippen LogP contribution in [-0.4, -0.2) is 73.5 Å². The van der Waals surface area contributed by atoms with Crippen molar-refractivity contribution in [2.75, 3.05) is 33.8 Å². The average Bonchev–Trinajstić information content (AvgIpc) is 2.57. The van der Waals surface area contributed by atoms with Crippen LogP contribution in [0.5, 0.6) is 0 Å². The minimum absolute atomic E-state index is 0.0131. The van der Waals surface area contributed by atoms with Crippen molar-refractivity contribution in [3.05, 3.63) is 0 Å². The summed E-state index contributed by atoms with van der Waals surface area (Å²) in [7, 11) is 3.15. The minimum Gasteiger partial charge on any atom is -0.469 e. The van der Waals surface area contributed by atoms with Crippen molar-refractivity contribution >= 4 is 17.8 Å². The molecule has 2 rings (SSSR count). The van der Waals surface area contributed by atoms with E-state index in [9.17, 15) is 14.4 Å². The van der Waals surface area contributed by atoms with Crippen LogP contribution in [0.15, 0.2) is 0 Å². The zero-order valence-corrected chi connectivity index (χ0v) is 14.9. The van der Waals surface area contributed by atoms with Gasteiger partial charge in [0.1, 0.15) is 6.04 Å². The molecule has 1 heterocycles. The van der Waals surface area contributed by atoms with E-state index in [1.54, 1.807) is 4.90 Å². The summed E-state index contributed by atoms with van der Waals surface area (Å²) >= 11 is 0. The highest BCUT2D eigenvalue weighted by molar-refractivity contribution is 5.88. The zero-order chi connectivity index (χ0) is 17.7. The fraction of sp³-hybridized carbons (Fsp3) is 0.824.